The van der Waals surface area contributed by atoms with Crippen molar-refractivity contribution in [2.45, 2.75) is 13.0 Å². The zero-order valence-electron chi connectivity index (χ0n) is 17.4. The van der Waals surface area contributed by atoms with Gasteiger partial charge in [0.05, 0.1) is 23.6 Å². The van der Waals surface area contributed by atoms with Gasteiger partial charge in [-0.05, 0) is 47.3 Å². The molecule has 8 heteroatoms. The van der Waals surface area contributed by atoms with E-state index in [2.05, 4.69) is 5.32 Å². The molecule has 0 aliphatic carbocycles. The maximum absolute atomic E-state index is 13.3. The zero-order chi connectivity index (χ0) is 22.8. The van der Waals surface area contributed by atoms with E-state index in [1.54, 1.807) is 73.2 Å². The molecule has 162 valence electrons. The van der Waals surface area contributed by atoms with E-state index in [0.29, 0.717) is 27.6 Å². The molecule has 7 nitrogen and oxygen atoms in total. The molecule has 0 spiro atoms. The largest absolute Gasteiger partial charge is 0.503 e. The Hall–Kier alpha value is -3.91. The molecular formula is C24H20N2O5S. The van der Waals surface area contributed by atoms with Gasteiger partial charge in [-0.1, -0.05) is 24.3 Å². The quantitative estimate of drug-likeness (QED) is 0.542. The molecule has 2 N–H and O–H groups in total. The molecule has 0 saturated carbocycles. The fraction of sp³-hybridized carbons (Fsp3) is 0.125. The lowest BCUT2D eigenvalue weighted by Gasteiger charge is -2.27. The number of aliphatic hydroxyl groups is 1. The van der Waals surface area contributed by atoms with Crippen LogP contribution in [0.2, 0.25) is 0 Å². The topological polar surface area (TPSA) is 95.9 Å². The summed E-state index contributed by atoms with van der Waals surface area (Å²) in [5.74, 6) is -1.32. The molecular weight excluding hydrogens is 428 g/mol. The second kappa shape index (κ2) is 8.68. The van der Waals surface area contributed by atoms with Crippen LogP contribution in [0, 0.1) is 0 Å². The average molecular weight is 449 g/mol. The van der Waals surface area contributed by atoms with Crippen LogP contribution in [0.5, 0.6) is 5.75 Å². The van der Waals surface area contributed by atoms with Crippen molar-refractivity contribution in [1.82, 2.24) is 0 Å². The highest BCUT2D eigenvalue weighted by atomic mass is 32.1. The summed E-state index contributed by atoms with van der Waals surface area (Å²) in [4.78, 5) is 39.8. The minimum absolute atomic E-state index is 0.00699. The minimum atomic E-state index is -0.851. The highest BCUT2D eigenvalue weighted by Crippen LogP contribution is 2.43. The van der Waals surface area contributed by atoms with Crippen LogP contribution in [0.1, 0.15) is 28.2 Å². The van der Waals surface area contributed by atoms with Gasteiger partial charge in [-0.2, -0.15) is 0 Å². The van der Waals surface area contributed by atoms with E-state index in [9.17, 15) is 19.5 Å². The van der Waals surface area contributed by atoms with Gasteiger partial charge < -0.3 is 15.2 Å². The van der Waals surface area contributed by atoms with Crippen LogP contribution < -0.4 is 15.0 Å². The molecule has 0 saturated heterocycles. The minimum Gasteiger partial charge on any atom is -0.503 e. The predicted molar refractivity (Wildman–Crippen MR) is 122 cm³/mol. The number of methoxy groups -OCH3 is 1. The van der Waals surface area contributed by atoms with Gasteiger partial charge in [0.15, 0.2) is 5.76 Å². The SMILES string of the molecule is COc1ccc(C2C(C(=O)c3cccs3)=C(O)C(=O)N2c2cccc(NC(C)=O)c2)cc1. The molecule has 2 heterocycles. The van der Waals surface area contributed by atoms with E-state index < -0.39 is 23.5 Å². The molecule has 3 aromatic rings. The lowest BCUT2D eigenvalue weighted by atomic mass is 9.95. The van der Waals surface area contributed by atoms with Crippen LogP contribution in [0.4, 0.5) is 11.4 Å². The fourth-order valence-electron chi connectivity index (χ4n) is 3.68. The summed E-state index contributed by atoms with van der Waals surface area (Å²) in [5.41, 5.74) is 1.57. The molecule has 1 atom stereocenters. The maximum Gasteiger partial charge on any atom is 0.294 e. The Kier molecular flexibility index (Phi) is 5.79. The summed E-state index contributed by atoms with van der Waals surface area (Å²) in [5, 5.41) is 15.2. The predicted octanol–water partition coefficient (Wildman–Crippen LogP) is 4.50. The number of rotatable bonds is 6. The Bertz CT molecular complexity index is 1220. The third-order valence-electron chi connectivity index (χ3n) is 5.07. The number of carbonyl (C=O) groups excluding carboxylic acids is 3. The first-order valence-corrected chi connectivity index (χ1v) is 10.6. The summed E-state index contributed by atoms with van der Waals surface area (Å²) >= 11 is 1.24. The number of nitrogens with one attached hydrogen (secondary N) is 1. The van der Waals surface area contributed by atoms with E-state index in [1.807, 2.05) is 0 Å². The molecule has 32 heavy (non-hydrogen) atoms. The Labute approximate surface area is 188 Å². The second-order valence-corrected chi connectivity index (χ2v) is 8.10. The lowest BCUT2D eigenvalue weighted by Crippen LogP contribution is -2.31. The van der Waals surface area contributed by atoms with Gasteiger partial charge in [0.2, 0.25) is 11.7 Å². The monoisotopic (exact) mass is 448 g/mol. The van der Waals surface area contributed by atoms with Crippen LogP contribution in [0.25, 0.3) is 0 Å². The van der Waals surface area contributed by atoms with Crippen LogP contribution in [-0.2, 0) is 9.59 Å². The van der Waals surface area contributed by atoms with Gasteiger partial charge in [0.25, 0.3) is 5.91 Å². The van der Waals surface area contributed by atoms with E-state index in [1.165, 1.54) is 23.2 Å². The lowest BCUT2D eigenvalue weighted by molar-refractivity contribution is -0.117. The standard InChI is InChI=1S/C24H20N2O5S/c1-14(27)25-16-5-3-6-17(13-16)26-21(15-8-10-18(31-2)11-9-15)20(23(29)24(26)30)22(28)19-7-4-12-32-19/h3-13,21,29H,1-2H3,(H,25,27). The number of Topliss-reactive ketones (excluding diaryl/α,β-unsaturated/α-hetero) is 1. The average Bonchev–Trinajstić information content (AvgIpc) is 3.41. The van der Waals surface area contributed by atoms with Crippen LogP contribution in [0.15, 0.2) is 77.4 Å². The number of benzene rings is 2. The molecule has 1 unspecified atom stereocenters. The van der Waals surface area contributed by atoms with Crippen molar-refractivity contribution in [2.24, 2.45) is 0 Å². The molecule has 1 aliphatic rings. The molecule has 2 amide bonds. The summed E-state index contributed by atoms with van der Waals surface area (Å²) in [6.07, 6.45) is 0. The molecule has 1 aliphatic heterocycles. The van der Waals surface area contributed by atoms with E-state index in [0.717, 1.165) is 0 Å². The van der Waals surface area contributed by atoms with Crippen molar-refractivity contribution in [3.8, 4) is 5.75 Å². The fourth-order valence-corrected chi connectivity index (χ4v) is 4.36. The normalized spacial score (nSPS) is 15.8. The Balaban J connectivity index is 1.84. The third-order valence-corrected chi connectivity index (χ3v) is 5.94. The van der Waals surface area contributed by atoms with Gasteiger partial charge in [-0.15, -0.1) is 11.3 Å². The van der Waals surface area contributed by atoms with E-state index >= 15 is 0 Å². The first kappa shape index (κ1) is 21.3. The number of ether oxygens (including phenoxy) is 1. The van der Waals surface area contributed by atoms with Crippen molar-refractivity contribution in [1.29, 1.82) is 0 Å². The number of hydrogen-bond donors (Lipinski definition) is 2. The summed E-state index contributed by atoms with van der Waals surface area (Å²) in [6.45, 7) is 1.39. The molecule has 0 bridgehead atoms. The Morgan fingerprint density at radius 1 is 1.09 bits per heavy atom. The number of ketones is 1. The van der Waals surface area contributed by atoms with Crippen LogP contribution >= 0.6 is 11.3 Å². The smallest absolute Gasteiger partial charge is 0.294 e. The second-order valence-electron chi connectivity index (χ2n) is 7.15. The summed E-state index contributed by atoms with van der Waals surface area (Å²) in [6, 6.07) is 16.2. The van der Waals surface area contributed by atoms with Crippen LogP contribution in [0.3, 0.4) is 0 Å². The van der Waals surface area contributed by atoms with Crippen LogP contribution in [-0.4, -0.2) is 29.8 Å². The summed E-state index contributed by atoms with van der Waals surface area (Å²) < 4.78 is 5.22. The number of aliphatic hydroxyl groups excluding tert-OH is 1. The molecule has 0 radical (unpaired) electrons. The van der Waals surface area contributed by atoms with Gasteiger partial charge >= 0.3 is 0 Å². The first-order chi connectivity index (χ1) is 15.4. The number of thiophene rings is 1. The van der Waals surface area contributed by atoms with E-state index in [-0.39, 0.29) is 11.5 Å². The van der Waals surface area contributed by atoms with Crippen molar-refractivity contribution >= 4 is 40.3 Å². The highest BCUT2D eigenvalue weighted by molar-refractivity contribution is 7.12. The van der Waals surface area contributed by atoms with Crippen molar-refractivity contribution < 1.29 is 24.2 Å². The first-order valence-electron chi connectivity index (χ1n) is 9.77. The maximum atomic E-state index is 13.3. The molecule has 1 aromatic heterocycles. The molecule has 0 fully saturated rings. The Morgan fingerprint density at radius 3 is 2.47 bits per heavy atom. The molecule has 4 rings (SSSR count). The highest BCUT2D eigenvalue weighted by Gasteiger charge is 2.44. The molecule has 2 aromatic carbocycles. The van der Waals surface area contributed by atoms with E-state index in [4.69, 9.17) is 4.74 Å². The van der Waals surface area contributed by atoms with Crippen molar-refractivity contribution in [2.75, 3.05) is 17.3 Å². The Morgan fingerprint density at radius 2 is 1.84 bits per heavy atom. The third kappa shape index (κ3) is 3.88. The number of nitrogens with zero attached hydrogens (tertiary/aromatic N) is 1. The van der Waals surface area contributed by atoms with Gasteiger partial charge in [0, 0.05) is 18.3 Å². The van der Waals surface area contributed by atoms with Gasteiger partial charge in [-0.3, -0.25) is 19.3 Å². The summed E-state index contributed by atoms with van der Waals surface area (Å²) in [7, 11) is 1.55. The number of hydrogen-bond acceptors (Lipinski definition) is 6. The number of amides is 2. The number of anilines is 2. The van der Waals surface area contributed by atoms with Gasteiger partial charge in [-0.25, -0.2) is 0 Å². The van der Waals surface area contributed by atoms with Crippen molar-refractivity contribution in [3.63, 3.8) is 0 Å². The number of carbonyl (C=O) groups is 3. The zero-order valence-corrected chi connectivity index (χ0v) is 18.2. The van der Waals surface area contributed by atoms with Crippen molar-refractivity contribution in [3.05, 3.63) is 87.8 Å². The van der Waals surface area contributed by atoms with Gasteiger partial charge in [0.1, 0.15) is 5.75 Å².